The Morgan fingerprint density at radius 3 is 2.78 bits per heavy atom. The molecule has 1 aliphatic carbocycles. The van der Waals surface area contributed by atoms with Gasteiger partial charge in [-0.3, -0.25) is 4.79 Å². The smallest absolute Gasteiger partial charge is 0.224 e. The Kier molecular flexibility index (Phi) is 8.49. The van der Waals surface area contributed by atoms with Gasteiger partial charge in [-0.15, -0.1) is 0 Å². The van der Waals surface area contributed by atoms with Gasteiger partial charge in [0.05, 0.1) is 12.0 Å². The van der Waals surface area contributed by atoms with E-state index in [9.17, 15) is 14.3 Å². The summed E-state index contributed by atoms with van der Waals surface area (Å²) in [6.45, 7) is 0. The van der Waals surface area contributed by atoms with Crippen molar-refractivity contribution in [2.75, 3.05) is 14.1 Å². The molecule has 0 aromatic heterocycles. The van der Waals surface area contributed by atoms with E-state index in [4.69, 9.17) is 0 Å². The number of alkyl halides is 1. The van der Waals surface area contributed by atoms with Crippen LogP contribution in [0.1, 0.15) is 56.9 Å². The monoisotopic (exact) mass is 375 g/mol. The summed E-state index contributed by atoms with van der Waals surface area (Å²) in [7, 11) is 3.41. The van der Waals surface area contributed by atoms with Gasteiger partial charge in [-0.2, -0.15) is 0 Å². The summed E-state index contributed by atoms with van der Waals surface area (Å²) in [6, 6.07) is 10.3. The predicted octanol–water partition coefficient (Wildman–Crippen LogP) is 4.69. The molecule has 1 amide bonds. The van der Waals surface area contributed by atoms with E-state index in [0.29, 0.717) is 19.3 Å². The Balaban J connectivity index is 1.71. The van der Waals surface area contributed by atoms with Gasteiger partial charge >= 0.3 is 0 Å². The maximum atomic E-state index is 14.2. The first-order valence-corrected chi connectivity index (χ1v) is 10.2. The second-order valence-electron chi connectivity index (χ2n) is 8.18. The number of rotatable bonds is 9. The highest BCUT2D eigenvalue weighted by molar-refractivity contribution is 5.76. The van der Waals surface area contributed by atoms with Crippen molar-refractivity contribution in [3.05, 3.63) is 48.0 Å². The van der Waals surface area contributed by atoms with Crippen molar-refractivity contribution in [3.63, 3.8) is 0 Å². The second-order valence-corrected chi connectivity index (χ2v) is 8.18. The third-order valence-electron chi connectivity index (χ3n) is 5.47. The van der Waals surface area contributed by atoms with E-state index in [1.165, 1.54) is 10.5 Å². The number of halogens is 1. The van der Waals surface area contributed by atoms with Crippen LogP contribution in [0.2, 0.25) is 0 Å². The average Bonchev–Trinajstić information content (AvgIpc) is 2.64. The van der Waals surface area contributed by atoms with Crippen LogP contribution in [0.5, 0.6) is 0 Å². The topological polar surface area (TPSA) is 40.5 Å². The van der Waals surface area contributed by atoms with Crippen molar-refractivity contribution in [1.82, 2.24) is 4.90 Å². The van der Waals surface area contributed by atoms with Gasteiger partial charge in [0.1, 0.15) is 6.17 Å². The maximum Gasteiger partial charge on any atom is 0.224 e. The summed E-state index contributed by atoms with van der Waals surface area (Å²) in [5.74, 6) is 0.102. The fourth-order valence-electron chi connectivity index (χ4n) is 3.84. The lowest BCUT2D eigenvalue weighted by Crippen LogP contribution is -2.40. The van der Waals surface area contributed by atoms with Crippen molar-refractivity contribution in [1.29, 1.82) is 0 Å². The molecule has 0 aliphatic heterocycles. The minimum atomic E-state index is -0.948. The number of carbonyl (C=O) groups excluding carboxylic acids is 1. The van der Waals surface area contributed by atoms with Crippen LogP contribution in [0.3, 0.4) is 0 Å². The molecule has 1 aliphatic rings. The number of aliphatic hydroxyl groups is 1. The molecule has 1 saturated carbocycles. The lowest BCUT2D eigenvalue weighted by atomic mass is 9.76. The fourth-order valence-corrected chi connectivity index (χ4v) is 3.84. The summed E-state index contributed by atoms with van der Waals surface area (Å²) >= 11 is 0. The molecule has 27 heavy (non-hydrogen) atoms. The Hall–Kier alpha value is -1.68. The molecular weight excluding hydrogens is 341 g/mol. The van der Waals surface area contributed by atoms with Crippen molar-refractivity contribution >= 4 is 5.91 Å². The number of hydrogen-bond acceptors (Lipinski definition) is 2. The predicted molar refractivity (Wildman–Crippen MR) is 108 cm³/mol. The van der Waals surface area contributed by atoms with Crippen LogP contribution < -0.4 is 0 Å². The van der Waals surface area contributed by atoms with Gasteiger partial charge in [-0.05, 0) is 62.8 Å². The minimum absolute atomic E-state index is 0.0519. The quantitative estimate of drug-likeness (QED) is 0.502. The molecule has 1 aromatic rings. The van der Waals surface area contributed by atoms with Gasteiger partial charge < -0.3 is 10.0 Å². The largest absolute Gasteiger partial charge is 0.389 e. The summed E-state index contributed by atoms with van der Waals surface area (Å²) < 4.78 is 14.2. The maximum absolute atomic E-state index is 14.2. The lowest BCUT2D eigenvalue weighted by Gasteiger charge is -2.36. The molecular formula is C23H34FNO2. The number of hydrogen-bond donors (Lipinski definition) is 1. The number of benzene rings is 1. The number of carbonyl (C=O) groups is 1. The molecule has 4 heteroatoms. The van der Waals surface area contributed by atoms with Crippen molar-refractivity contribution in [2.24, 2.45) is 5.92 Å². The van der Waals surface area contributed by atoms with Gasteiger partial charge in [-0.25, -0.2) is 4.39 Å². The van der Waals surface area contributed by atoms with E-state index in [2.05, 4.69) is 12.1 Å². The number of nitrogens with zero attached hydrogens (tertiary/aromatic N) is 1. The summed E-state index contributed by atoms with van der Waals surface area (Å²) in [4.78, 5) is 13.4. The van der Waals surface area contributed by atoms with Crippen LogP contribution in [-0.2, 0) is 11.2 Å². The number of unbranched alkanes of at least 4 members (excludes halogenated alkanes) is 1. The van der Waals surface area contributed by atoms with E-state index < -0.39 is 11.8 Å². The first-order chi connectivity index (χ1) is 12.9. The Morgan fingerprint density at radius 2 is 2.07 bits per heavy atom. The molecule has 1 unspecified atom stereocenters. The summed E-state index contributed by atoms with van der Waals surface area (Å²) in [5.41, 5.74) is 0.355. The van der Waals surface area contributed by atoms with E-state index >= 15 is 0 Å². The van der Waals surface area contributed by atoms with Crippen LogP contribution in [-0.4, -0.2) is 41.8 Å². The Labute approximate surface area is 163 Å². The third kappa shape index (κ3) is 7.84. The van der Waals surface area contributed by atoms with E-state index in [-0.39, 0.29) is 18.2 Å². The number of aryl methyl sites for hydroxylation is 1. The standard InChI is InChI=1S/C23H34FNO2/c1-25(2)22(26)18-23(27)16-8-12-20(17-23)14-15-21(24)13-7-6-11-19-9-4-3-5-10-19/h3-5,9-10,14-15,20-21,27H,6-8,11-13,16-18H2,1-2H3/b15-14+/t20-,21?,23-/m1/s1. The van der Waals surface area contributed by atoms with Crippen molar-refractivity contribution in [2.45, 2.75) is 69.6 Å². The molecule has 1 N–H and O–H groups in total. The zero-order valence-electron chi connectivity index (χ0n) is 16.7. The van der Waals surface area contributed by atoms with Crippen LogP contribution in [0, 0.1) is 5.92 Å². The highest BCUT2D eigenvalue weighted by atomic mass is 19.1. The highest BCUT2D eigenvalue weighted by Gasteiger charge is 2.35. The van der Waals surface area contributed by atoms with Gasteiger partial charge in [-0.1, -0.05) is 42.5 Å². The zero-order valence-corrected chi connectivity index (χ0v) is 16.7. The summed E-state index contributed by atoms with van der Waals surface area (Å²) in [5, 5.41) is 10.7. The zero-order chi connectivity index (χ0) is 19.7. The fraction of sp³-hybridized carbons (Fsp3) is 0.609. The second kappa shape index (κ2) is 10.6. The van der Waals surface area contributed by atoms with Crippen molar-refractivity contribution in [3.8, 4) is 0 Å². The van der Waals surface area contributed by atoms with E-state index in [0.717, 1.165) is 32.1 Å². The SMILES string of the molecule is CN(C)C(=O)C[C@@]1(O)CCC[C@H](/C=C/C(F)CCCCc2ccccc2)C1. The van der Waals surface area contributed by atoms with Crippen LogP contribution in [0.15, 0.2) is 42.5 Å². The Morgan fingerprint density at radius 1 is 1.33 bits per heavy atom. The lowest BCUT2D eigenvalue weighted by molar-refractivity contribution is -0.135. The average molecular weight is 376 g/mol. The Bertz CT molecular complexity index is 602. The molecule has 0 spiro atoms. The molecule has 150 valence electrons. The first-order valence-electron chi connectivity index (χ1n) is 10.2. The molecule has 1 fully saturated rings. The first kappa shape index (κ1) is 21.6. The van der Waals surface area contributed by atoms with E-state index in [1.807, 2.05) is 24.3 Å². The minimum Gasteiger partial charge on any atom is -0.389 e. The molecule has 2 rings (SSSR count). The highest BCUT2D eigenvalue weighted by Crippen LogP contribution is 2.36. The molecule has 0 saturated heterocycles. The number of amides is 1. The molecule has 0 bridgehead atoms. The number of allylic oxidation sites excluding steroid dienone is 2. The normalized spacial score (nSPS) is 24.1. The van der Waals surface area contributed by atoms with Gasteiger partial charge in [0.2, 0.25) is 5.91 Å². The molecule has 3 atom stereocenters. The summed E-state index contributed by atoms with van der Waals surface area (Å²) in [6.07, 6.45) is 9.23. The van der Waals surface area contributed by atoms with Gasteiger partial charge in [0.15, 0.2) is 0 Å². The van der Waals surface area contributed by atoms with E-state index in [1.54, 1.807) is 20.2 Å². The molecule has 3 nitrogen and oxygen atoms in total. The molecule has 0 heterocycles. The molecule has 1 aromatic carbocycles. The van der Waals surface area contributed by atoms with Gasteiger partial charge in [0, 0.05) is 14.1 Å². The van der Waals surface area contributed by atoms with Crippen LogP contribution >= 0.6 is 0 Å². The van der Waals surface area contributed by atoms with Crippen LogP contribution in [0.4, 0.5) is 4.39 Å². The van der Waals surface area contributed by atoms with Gasteiger partial charge in [0.25, 0.3) is 0 Å². The van der Waals surface area contributed by atoms with Crippen molar-refractivity contribution < 1.29 is 14.3 Å². The molecule has 0 radical (unpaired) electrons. The van der Waals surface area contributed by atoms with Crippen LogP contribution in [0.25, 0.3) is 0 Å². The third-order valence-corrected chi connectivity index (χ3v) is 5.47.